The summed E-state index contributed by atoms with van der Waals surface area (Å²) in [5, 5.41) is 3.62. The van der Waals surface area contributed by atoms with Crippen LogP contribution in [0.5, 0.6) is 0 Å². The highest BCUT2D eigenvalue weighted by molar-refractivity contribution is 5.73. The van der Waals surface area contributed by atoms with Crippen LogP contribution in [-0.4, -0.2) is 12.2 Å². The van der Waals surface area contributed by atoms with Crippen molar-refractivity contribution in [3.8, 4) is 12.3 Å². The molecule has 1 aromatic rings. The molecule has 0 saturated carbocycles. The van der Waals surface area contributed by atoms with E-state index in [0.29, 0.717) is 6.42 Å². The van der Waals surface area contributed by atoms with Crippen LogP contribution in [0.25, 0.3) is 0 Å². The molecule has 0 atom stereocenters. The Morgan fingerprint density at radius 1 is 1.60 bits per heavy atom. The molecule has 76 valence electrons. The van der Waals surface area contributed by atoms with Gasteiger partial charge in [0.1, 0.15) is 0 Å². The number of nitrogens with one attached hydrogen (secondary N) is 1. The van der Waals surface area contributed by atoms with Gasteiger partial charge in [0.2, 0.25) is 0 Å². The van der Waals surface area contributed by atoms with Crippen LogP contribution in [0, 0.1) is 12.3 Å². The predicted octanol–water partition coefficient (Wildman–Crippen LogP) is 0.865. The summed E-state index contributed by atoms with van der Waals surface area (Å²) in [6, 6.07) is 6.84. The van der Waals surface area contributed by atoms with Crippen LogP contribution in [0.3, 0.4) is 0 Å². The van der Waals surface area contributed by atoms with Crippen molar-refractivity contribution in [1.29, 1.82) is 0 Å². The van der Waals surface area contributed by atoms with Gasteiger partial charge < -0.3 is 5.73 Å². The SMILES string of the molecule is C#Cc1ccccc1C/C=N\NC(N)=O. The van der Waals surface area contributed by atoms with Crippen molar-refractivity contribution in [1.82, 2.24) is 5.43 Å². The number of amides is 2. The summed E-state index contributed by atoms with van der Waals surface area (Å²) >= 11 is 0. The number of carbonyl (C=O) groups excluding carboxylic acids is 1. The third kappa shape index (κ3) is 3.53. The van der Waals surface area contributed by atoms with Crippen LogP contribution >= 0.6 is 0 Å². The normalized spacial score (nSPS) is 9.80. The van der Waals surface area contributed by atoms with Crippen LogP contribution in [0.4, 0.5) is 4.79 Å². The smallest absolute Gasteiger partial charge is 0.332 e. The average molecular weight is 201 g/mol. The molecule has 3 N–H and O–H groups in total. The molecule has 0 aliphatic heterocycles. The maximum Gasteiger partial charge on any atom is 0.332 e. The molecule has 0 unspecified atom stereocenters. The zero-order valence-corrected chi connectivity index (χ0v) is 8.10. The molecule has 0 aliphatic carbocycles. The first-order chi connectivity index (χ1) is 7.24. The molecular formula is C11H11N3O. The maximum atomic E-state index is 10.3. The van der Waals surface area contributed by atoms with Gasteiger partial charge in [0.25, 0.3) is 0 Å². The van der Waals surface area contributed by atoms with Crippen LogP contribution < -0.4 is 11.2 Å². The van der Waals surface area contributed by atoms with Crippen molar-refractivity contribution in [2.45, 2.75) is 6.42 Å². The number of benzene rings is 1. The average Bonchev–Trinajstić information content (AvgIpc) is 2.24. The van der Waals surface area contributed by atoms with Gasteiger partial charge in [-0.3, -0.25) is 0 Å². The van der Waals surface area contributed by atoms with Gasteiger partial charge in [-0.15, -0.1) is 6.42 Å². The van der Waals surface area contributed by atoms with Gasteiger partial charge in [-0.1, -0.05) is 24.1 Å². The van der Waals surface area contributed by atoms with Gasteiger partial charge in [0.05, 0.1) is 0 Å². The molecule has 0 heterocycles. The highest BCUT2D eigenvalue weighted by Gasteiger charge is 1.95. The second-order valence-corrected chi connectivity index (χ2v) is 2.79. The first-order valence-corrected chi connectivity index (χ1v) is 4.35. The van der Waals surface area contributed by atoms with E-state index in [1.165, 1.54) is 0 Å². The van der Waals surface area contributed by atoms with Crippen LogP contribution in [-0.2, 0) is 6.42 Å². The Hall–Kier alpha value is -2.28. The van der Waals surface area contributed by atoms with E-state index < -0.39 is 6.03 Å². The highest BCUT2D eigenvalue weighted by atomic mass is 16.2. The molecule has 0 bridgehead atoms. The van der Waals surface area contributed by atoms with Crippen molar-refractivity contribution in [2.75, 3.05) is 0 Å². The molecule has 2 amide bonds. The number of urea groups is 1. The van der Waals surface area contributed by atoms with E-state index in [2.05, 4.69) is 16.4 Å². The van der Waals surface area contributed by atoms with Gasteiger partial charge in [-0.25, -0.2) is 10.2 Å². The van der Waals surface area contributed by atoms with E-state index in [-0.39, 0.29) is 0 Å². The molecule has 0 spiro atoms. The topological polar surface area (TPSA) is 67.5 Å². The summed E-state index contributed by atoms with van der Waals surface area (Å²) in [4.78, 5) is 10.3. The fraction of sp³-hybridized carbons (Fsp3) is 0.0909. The molecule has 4 heteroatoms. The first kappa shape index (κ1) is 10.8. The minimum atomic E-state index is -0.684. The molecule has 1 aromatic carbocycles. The van der Waals surface area contributed by atoms with E-state index in [4.69, 9.17) is 12.2 Å². The monoisotopic (exact) mass is 201 g/mol. The van der Waals surface area contributed by atoms with Crippen LogP contribution in [0.15, 0.2) is 29.4 Å². The van der Waals surface area contributed by atoms with E-state index in [9.17, 15) is 4.79 Å². The second kappa shape index (κ2) is 5.45. The molecular weight excluding hydrogens is 190 g/mol. The summed E-state index contributed by atoms with van der Waals surface area (Å²) in [6.07, 6.45) is 7.42. The van der Waals surface area contributed by atoms with Gasteiger partial charge in [0.15, 0.2) is 0 Å². The summed E-state index contributed by atoms with van der Waals surface area (Å²) in [6.45, 7) is 0. The summed E-state index contributed by atoms with van der Waals surface area (Å²) in [7, 11) is 0. The van der Waals surface area contributed by atoms with Gasteiger partial charge >= 0.3 is 6.03 Å². The van der Waals surface area contributed by atoms with E-state index in [1.807, 2.05) is 24.3 Å². The summed E-state index contributed by atoms with van der Waals surface area (Å²) in [5.41, 5.74) is 8.75. The van der Waals surface area contributed by atoms with Crippen molar-refractivity contribution >= 4 is 12.2 Å². The number of carbonyl (C=O) groups is 1. The maximum absolute atomic E-state index is 10.3. The number of terminal acetylenes is 1. The Kier molecular flexibility index (Phi) is 3.92. The largest absolute Gasteiger partial charge is 0.350 e. The van der Waals surface area contributed by atoms with E-state index in [0.717, 1.165) is 11.1 Å². The Bertz CT molecular complexity index is 418. The molecule has 0 saturated heterocycles. The van der Waals surface area contributed by atoms with Gasteiger partial charge in [-0.2, -0.15) is 5.10 Å². The molecule has 1 rings (SSSR count). The van der Waals surface area contributed by atoms with Crippen molar-refractivity contribution in [3.63, 3.8) is 0 Å². The molecule has 0 aromatic heterocycles. The highest BCUT2D eigenvalue weighted by Crippen LogP contribution is 2.06. The molecule has 0 fully saturated rings. The number of hydrazone groups is 1. The number of hydrogen-bond acceptors (Lipinski definition) is 2. The second-order valence-electron chi connectivity index (χ2n) is 2.79. The van der Waals surface area contributed by atoms with Gasteiger partial charge in [0, 0.05) is 18.2 Å². The zero-order chi connectivity index (χ0) is 11.1. The molecule has 0 radical (unpaired) electrons. The van der Waals surface area contributed by atoms with E-state index in [1.54, 1.807) is 6.21 Å². The van der Waals surface area contributed by atoms with Crippen LogP contribution in [0.1, 0.15) is 11.1 Å². The predicted molar refractivity (Wildman–Crippen MR) is 59.3 cm³/mol. The first-order valence-electron chi connectivity index (χ1n) is 4.35. The van der Waals surface area contributed by atoms with Gasteiger partial charge in [-0.05, 0) is 11.6 Å². The fourth-order valence-electron chi connectivity index (χ4n) is 1.09. The lowest BCUT2D eigenvalue weighted by Gasteiger charge is -1.99. The number of nitrogens with zero attached hydrogens (tertiary/aromatic N) is 1. The number of hydrogen-bond donors (Lipinski definition) is 2. The standard InChI is InChI=1S/C11H11N3O/c1-2-9-5-3-4-6-10(9)7-8-13-14-11(12)15/h1,3-6,8H,7H2,(H3,12,14,15)/b13-8-. The van der Waals surface area contributed by atoms with Crippen molar-refractivity contribution in [2.24, 2.45) is 10.8 Å². The Morgan fingerprint density at radius 3 is 3.00 bits per heavy atom. The Balaban J connectivity index is 2.62. The number of primary amides is 1. The minimum Gasteiger partial charge on any atom is -0.350 e. The van der Waals surface area contributed by atoms with Crippen molar-refractivity contribution in [3.05, 3.63) is 35.4 Å². The lowest BCUT2D eigenvalue weighted by atomic mass is 10.1. The summed E-state index contributed by atoms with van der Waals surface area (Å²) < 4.78 is 0. The quantitative estimate of drug-likeness (QED) is 0.425. The summed E-state index contributed by atoms with van der Waals surface area (Å²) in [5.74, 6) is 2.57. The van der Waals surface area contributed by atoms with Crippen LogP contribution in [0.2, 0.25) is 0 Å². The third-order valence-electron chi connectivity index (χ3n) is 1.75. The fourth-order valence-corrected chi connectivity index (χ4v) is 1.09. The third-order valence-corrected chi connectivity index (χ3v) is 1.75. The number of rotatable bonds is 3. The Morgan fingerprint density at radius 2 is 2.33 bits per heavy atom. The molecule has 15 heavy (non-hydrogen) atoms. The zero-order valence-electron chi connectivity index (χ0n) is 8.10. The molecule has 4 nitrogen and oxygen atoms in total. The lowest BCUT2D eigenvalue weighted by molar-refractivity contribution is 0.249. The van der Waals surface area contributed by atoms with Crippen molar-refractivity contribution < 1.29 is 4.79 Å². The minimum absolute atomic E-state index is 0.556. The molecule has 0 aliphatic rings. The number of nitrogens with two attached hydrogens (primary N) is 1. The van der Waals surface area contributed by atoms with E-state index >= 15 is 0 Å². The lowest BCUT2D eigenvalue weighted by Crippen LogP contribution is -2.24. The Labute approximate surface area is 88.2 Å².